The van der Waals surface area contributed by atoms with E-state index in [4.69, 9.17) is 4.74 Å². The number of ether oxygens (including phenoxy) is 1. The average molecular weight is 275 g/mol. The molecule has 0 heterocycles. The summed E-state index contributed by atoms with van der Waals surface area (Å²) in [5, 5.41) is 3.33. The largest absolute Gasteiger partial charge is 0.383 e. The van der Waals surface area contributed by atoms with Gasteiger partial charge in [0.05, 0.1) is 12.7 Å². The van der Waals surface area contributed by atoms with Gasteiger partial charge in [-0.05, 0) is 37.1 Å². The van der Waals surface area contributed by atoms with E-state index in [2.05, 4.69) is 5.32 Å². The number of Topliss-reactive ketones (excluding diaryl/α,β-unsaturated/α-hetero) is 1. The fourth-order valence-corrected chi connectivity index (χ4v) is 2.63. The molecule has 0 spiro atoms. The minimum Gasteiger partial charge on any atom is -0.383 e. The molecule has 0 amide bonds. The Labute approximate surface area is 121 Å². The number of carbonyl (C=O) groups excluding carboxylic acids is 1. The molecule has 0 aliphatic heterocycles. The normalized spacial score (nSPS) is 16.1. The van der Waals surface area contributed by atoms with Gasteiger partial charge < -0.3 is 10.1 Å². The van der Waals surface area contributed by atoms with Crippen LogP contribution in [0.5, 0.6) is 0 Å². The molecule has 1 fully saturated rings. The molecule has 0 radical (unpaired) electrons. The maximum Gasteiger partial charge on any atom is 0.162 e. The zero-order valence-corrected chi connectivity index (χ0v) is 12.4. The van der Waals surface area contributed by atoms with Crippen LogP contribution in [0.2, 0.25) is 0 Å². The number of ketones is 1. The van der Waals surface area contributed by atoms with Crippen LogP contribution < -0.4 is 5.32 Å². The van der Waals surface area contributed by atoms with Gasteiger partial charge in [0.15, 0.2) is 5.78 Å². The monoisotopic (exact) mass is 275 g/mol. The molecule has 0 atom stereocenters. The summed E-state index contributed by atoms with van der Waals surface area (Å²) >= 11 is 0. The smallest absolute Gasteiger partial charge is 0.162 e. The second-order valence-electron chi connectivity index (χ2n) is 5.41. The van der Waals surface area contributed by atoms with Crippen molar-refractivity contribution in [2.75, 3.05) is 18.5 Å². The van der Waals surface area contributed by atoms with E-state index in [1.54, 1.807) is 0 Å². The van der Waals surface area contributed by atoms with E-state index in [-0.39, 0.29) is 5.78 Å². The van der Waals surface area contributed by atoms with E-state index in [1.807, 2.05) is 31.2 Å². The number of hydrogen-bond donors (Lipinski definition) is 1. The number of anilines is 1. The molecule has 1 saturated carbocycles. The lowest BCUT2D eigenvalue weighted by Crippen LogP contribution is -2.20. The lowest BCUT2D eigenvalue weighted by Gasteiger charge is -2.22. The standard InChI is InChI=1S/C17H25NO2/c1-2-17(19)14-8-10-15(11-9-14)18-12-13-20-16-6-4-3-5-7-16/h8-11,16,18H,2-7,12-13H2,1H3. The van der Waals surface area contributed by atoms with Crippen LogP contribution in [0.1, 0.15) is 55.8 Å². The van der Waals surface area contributed by atoms with Crippen molar-refractivity contribution in [3.05, 3.63) is 29.8 Å². The summed E-state index contributed by atoms with van der Waals surface area (Å²) in [5.41, 5.74) is 1.83. The van der Waals surface area contributed by atoms with Gasteiger partial charge in [-0.3, -0.25) is 4.79 Å². The van der Waals surface area contributed by atoms with Gasteiger partial charge in [0.25, 0.3) is 0 Å². The third-order valence-electron chi connectivity index (χ3n) is 3.86. The van der Waals surface area contributed by atoms with Gasteiger partial charge in [0.1, 0.15) is 0 Å². The quantitative estimate of drug-likeness (QED) is 0.603. The first-order valence-corrected chi connectivity index (χ1v) is 7.78. The molecule has 0 unspecified atom stereocenters. The molecule has 1 N–H and O–H groups in total. The Bertz CT molecular complexity index is 408. The van der Waals surface area contributed by atoms with Gasteiger partial charge >= 0.3 is 0 Å². The summed E-state index contributed by atoms with van der Waals surface area (Å²) < 4.78 is 5.87. The molecule has 0 bridgehead atoms. The average Bonchev–Trinajstić information content (AvgIpc) is 2.52. The molecular weight excluding hydrogens is 250 g/mol. The van der Waals surface area contributed by atoms with E-state index in [1.165, 1.54) is 32.1 Å². The molecule has 0 saturated heterocycles. The first-order valence-electron chi connectivity index (χ1n) is 7.78. The Hall–Kier alpha value is -1.35. The highest BCUT2D eigenvalue weighted by Gasteiger charge is 2.12. The van der Waals surface area contributed by atoms with Crippen molar-refractivity contribution in [2.24, 2.45) is 0 Å². The van der Waals surface area contributed by atoms with Gasteiger partial charge in [-0.15, -0.1) is 0 Å². The molecule has 3 heteroatoms. The highest BCUT2D eigenvalue weighted by molar-refractivity contribution is 5.96. The number of rotatable bonds is 7. The van der Waals surface area contributed by atoms with Crippen LogP contribution in [0.15, 0.2) is 24.3 Å². The molecule has 3 nitrogen and oxygen atoms in total. The van der Waals surface area contributed by atoms with Gasteiger partial charge in [-0.2, -0.15) is 0 Å². The predicted molar refractivity (Wildman–Crippen MR) is 82.4 cm³/mol. The molecule has 1 aromatic carbocycles. The number of nitrogens with one attached hydrogen (secondary N) is 1. The fraction of sp³-hybridized carbons (Fsp3) is 0.588. The van der Waals surface area contributed by atoms with Crippen LogP contribution in [0.3, 0.4) is 0 Å². The maximum atomic E-state index is 11.5. The van der Waals surface area contributed by atoms with E-state index in [0.717, 1.165) is 24.4 Å². The summed E-state index contributed by atoms with van der Waals surface area (Å²) in [6.07, 6.45) is 7.44. The van der Waals surface area contributed by atoms with Gasteiger partial charge in [0, 0.05) is 24.2 Å². The predicted octanol–water partition coefficient (Wildman–Crippen LogP) is 4.04. The van der Waals surface area contributed by atoms with Gasteiger partial charge in [-0.1, -0.05) is 26.2 Å². The van der Waals surface area contributed by atoms with E-state index in [9.17, 15) is 4.79 Å². The zero-order chi connectivity index (χ0) is 14.2. The van der Waals surface area contributed by atoms with Crippen molar-refractivity contribution >= 4 is 11.5 Å². The van der Waals surface area contributed by atoms with Crippen LogP contribution >= 0.6 is 0 Å². The third kappa shape index (κ3) is 4.64. The highest BCUT2D eigenvalue weighted by Crippen LogP contribution is 2.20. The Balaban J connectivity index is 1.67. The summed E-state index contributed by atoms with van der Waals surface area (Å²) in [5.74, 6) is 0.192. The van der Waals surface area contributed by atoms with Gasteiger partial charge in [-0.25, -0.2) is 0 Å². The summed E-state index contributed by atoms with van der Waals surface area (Å²) in [6.45, 7) is 3.45. The van der Waals surface area contributed by atoms with Crippen LogP contribution in [-0.4, -0.2) is 25.0 Å². The van der Waals surface area contributed by atoms with Crippen molar-refractivity contribution in [1.82, 2.24) is 0 Å². The van der Waals surface area contributed by atoms with E-state index < -0.39 is 0 Å². The van der Waals surface area contributed by atoms with Crippen molar-refractivity contribution in [1.29, 1.82) is 0 Å². The lowest BCUT2D eigenvalue weighted by atomic mass is 9.98. The SMILES string of the molecule is CCC(=O)c1ccc(NCCOC2CCCCC2)cc1. The summed E-state index contributed by atoms with van der Waals surface area (Å²) in [7, 11) is 0. The Morgan fingerprint density at radius 3 is 2.55 bits per heavy atom. The second-order valence-corrected chi connectivity index (χ2v) is 5.41. The molecule has 20 heavy (non-hydrogen) atoms. The lowest BCUT2D eigenvalue weighted by molar-refractivity contribution is 0.0347. The number of carbonyl (C=O) groups is 1. The minimum atomic E-state index is 0.192. The zero-order valence-electron chi connectivity index (χ0n) is 12.4. The number of benzene rings is 1. The maximum absolute atomic E-state index is 11.5. The highest BCUT2D eigenvalue weighted by atomic mass is 16.5. The van der Waals surface area contributed by atoms with Crippen molar-refractivity contribution < 1.29 is 9.53 Å². The topological polar surface area (TPSA) is 38.3 Å². The molecule has 1 aliphatic carbocycles. The minimum absolute atomic E-state index is 0.192. The second kappa shape index (κ2) is 8.05. The Morgan fingerprint density at radius 2 is 1.90 bits per heavy atom. The van der Waals surface area contributed by atoms with Crippen LogP contribution in [0.4, 0.5) is 5.69 Å². The summed E-state index contributed by atoms with van der Waals surface area (Å²) in [4.78, 5) is 11.5. The van der Waals surface area contributed by atoms with Crippen molar-refractivity contribution in [2.45, 2.75) is 51.6 Å². The third-order valence-corrected chi connectivity index (χ3v) is 3.86. The number of hydrogen-bond acceptors (Lipinski definition) is 3. The van der Waals surface area contributed by atoms with E-state index >= 15 is 0 Å². The van der Waals surface area contributed by atoms with Crippen LogP contribution in [-0.2, 0) is 4.74 Å². The Kier molecular flexibility index (Phi) is 6.06. The van der Waals surface area contributed by atoms with E-state index in [0.29, 0.717) is 12.5 Å². The van der Waals surface area contributed by atoms with Crippen molar-refractivity contribution in [3.63, 3.8) is 0 Å². The van der Waals surface area contributed by atoms with Crippen LogP contribution in [0, 0.1) is 0 Å². The molecule has 110 valence electrons. The summed E-state index contributed by atoms with van der Waals surface area (Å²) in [6, 6.07) is 7.69. The van der Waals surface area contributed by atoms with Crippen molar-refractivity contribution in [3.8, 4) is 0 Å². The molecule has 1 aliphatic rings. The molecule has 1 aromatic rings. The van der Waals surface area contributed by atoms with Gasteiger partial charge in [0.2, 0.25) is 0 Å². The molecule has 2 rings (SSSR count). The molecule has 0 aromatic heterocycles. The van der Waals surface area contributed by atoms with Crippen LogP contribution in [0.25, 0.3) is 0 Å². The Morgan fingerprint density at radius 1 is 1.20 bits per heavy atom. The molecular formula is C17H25NO2. The first kappa shape index (κ1) is 15.0. The fourth-order valence-electron chi connectivity index (χ4n) is 2.63. The first-order chi connectivity index (χ1) is 9.79.